The zero-order valence-corrected chi connectivity index (χ0v) is 15.1. The van der Waals surface area contributed by atoms with Crippen LogP contribution in [-0.2, 0) is 4.74 Å². The third kappa shape index (κ3) is 4.30. The Bertz CT molecular complexity index is 737. The Morgan fingerprint density at radius 1 is 1.20 bits per heavy atom. The molecule has 5 nitrogen and oxygen atoms in total. The molecule has 0 radical (unpaired) electrons. The predicted octanol–water partition coefficient (Wildman–Crippen LogP) is 2.69. The fourth-order valence-corrected chi connectivity index (χ4v) is 3.46. The van der Waals surface area contributed by atoms with Gasteiger partial charge in [0, 0.05) is 26.2 Å². The van der Waals surface area contributed by atoms with Gasteiger partial charge < -0.3 is 14.8 Å². The lowest BCUT2D eigenvalue weighted by Crippen LogP contribution is -2.47. The molecule has 2 aromatic rings. The Balaban J connectivity index is 1.64. The average molecular weight is 342 g/mol. The fraction of sp³-hybridized carbons (Fsp3) is 0.450. The van der Waals surface area contributed by atoms with Crippen LogP contribution in [0.25, 0.3) is 10.8 Å². The summed E-state index contributed by atoms with van der Waals surface area (Å²) < 4.78 is 11.1. The van der Waals surface area contributed by atoms with Gasteiger partial charge in [-0.25, -0.2) is 0 Å². The third-order valence-electron chi connectivity index (χ3n) is 4.52. The van der Waals surface area contributed by atoms with Crippen LogP contribution in [0.3, 0.4) is 0 Å². The summed E-state index contributed by atoms with van der Waals surface area (Å²) in [6.07, 6.45) is 0.472. The van der Waals surface area contributed by atoms with Crippen LogP contribution in [0.1, 0.15) is 24.2 Å². The van der Waals surface area contributed by atoms with Crippen LogP contribution in [0.4, 0.5) is 0 Å². The largest absolute Gasteiger partial charge is 0.496 e. The Kier molecular flexibility index (Phi) is 5.56. The Morgan fingerprint density at radius 3 is 2.48 bits per heavy atom. The van der Waals surface area contributed by atoms with E-state index in [1.54, 1.807) is 7.11 Å². The number of nitrogens with zero attached hydrogens (tertiary/aromatic N) is 1. The predicted molar refractivity (Wildman–Crippen MR) is 99.3 cm³/mol. The highest BCUT2D eigenvalue weighted by Crippen LogP contribution is 2.25. The molecule has 0 saturated carbocycles. The van der Waals surface area contributed by atoms with Crippen molar-refractivity contribution in [3.8, 4) is 5.75 Å². The van der Waals surface area contributed by atoms with Gasteiger partial charge in [0.25, 0.3) is 5.91 Å². The molecule has 1 heterocycles. The van der Waals surface area contributed by atoms with Crippen LogP contribution in [0.15, 0.2) is 36.4 Å². The molecule has 5 heteroatoms. The van der Waals surface area contributed by atoms with E-state index in [0.717, 1.165) is 30.4 Å². The maximum atomic E-state index is 12.6. The van der Waals surface area contributed by atoms with E-state index in [0.29, 0.717) is 17.9 Å². The van der Waals surface area contributed by atoms with E-state index in [-0.39, 0.29) is 18.1 Å². The van der Waals surface area contributed by atoms with Gasteiger partial charge in [0.15, 0.2) is 0 Å². The summed E-state index contributed by atoms with van der Waals surface area (Å²) >= 11 is 0. The van der Waals surface area contributed by atoms with Crippen molar-refractivity contribution >= 4 is 16.7 Å². The van der Waals surface area contributed by atoms with Gasteiger partial charge in [-0.05, 0) is 36.8 Å². The summed E-state index contributed by atoms with van der Waals surface area (Å²) in [4.78, 5) is 14.9. The van der Waals surface area contributed by atoms with Crippen LogP contribution >= 0.6 is 0 Å². The number of hydrogen-bond acceptors (Lipinski definition) is 4. The van der Waals surface area contributed by atoms with Crippen molar-refractivity contribution in [3.05, 3.63) is 42.0 Å². The minimum Gasteiger partial charge on any atom is -0.496 e. The summed E-state index contributed by atoms with van der Waals surface area (Å²) in [5, 5.41) is 5.11. The molecule has 1 aliphatic heterocycles. The van der Waals surface area contributed by atoms with Crippen molar-refractivity contribution in [2.75, 3.05) is 33.3 Å². The van der Waals surface area contributed by atoms with E-state index in [4.69, 9.17) is 9.47 Å². The number of benzene rings is 2. The first kappa shape index (κ1) is 17.7. The smallest absolute Gasteiger partial charge is 0.255 e. The number of ether oxygens (including phenoxy) is 2. The molecule has 1 amide bonds. The number of amides is 1. The summed E-state index contributed by atoms with van der Waals surface area (Å²) in [6, 6.07) is 11.8. The molecule has 2 aromatic carbocycles. The molecular weight excluding hydrogens is 316 g/mol. The fourth-order valence-electron chi connectivity index (χ4n) is 3.46. The van der Waals surface area contributed by atoms with Crippen LogP contribution in [0.5, 0.6) is 5.75 Å². The molecule has 0 bridgehead atoms. The molecule has 0 spiro atoms. The van der Waals surface area contributed by atoms with Crippen molar-refractivity contribution in [3.63, 3.8) is 0 Å². The number of morpholine rings is 1. The first-order chi connectivity index (χ1) is 12.1. The van der Waals surface area contributed by atoms with E-state index in [9.17, 15) is 4.79 Å². The molecular formula is C20H26N2O3. The summed E-state index contributed by atoms with van der Waals surface area (Å²) in [5.41, 5.74) is 0.574. The lowest BCUT2D eigenvalue weighted by atomic mass is 10.1. The molecule has 0 aliphatic carbocycles. The van der Waals surface area contributed by atoms with Crippen molar-refractivity contribution < 1.29 is 14.3 Å². The summed E-state index contributed by atoms with van der Waals surface area (Å²) in [7, 11) is 1.59. The number of fused-ring (bicyclic) bond motifs is 1. The monoisotopic (exact) mass is 342 g/mol. The van der Waals surface area contributed by atoms with Crippen molar-refractivity contribution in [2.45, 2.75) is 26.1 Å². The van der Waals surface area contributed by atoms with Gasteiger partial charge in [-0.2, -0.15) is 0 Å². The van der Waals surface area contributed by atoms with Gasteiger partial charge in [-0.3, -0.25) is 9.69 Å². The lowest BCUT2D eigenvalue weighted by Gasteiger charge is -2.35. The molecule has 1 saturated heterocycles. The Hall–Kier alpha value is -2.11. The van der Waals surface area contributed by atoms with Gasteiger partial charge in [-0.1, -0.05) is 24.3 Å². The molecule has 2 unspecified atom stereocenters. The number of hydrogen-bond donors (Lipinski definition) is 1. The normalized spacial score (nSPS) is 21.2. The van der Waals surface area contributed by atoms with E-state index in [1.165, 1.54) is 0 Å². The topological polar surface area (TPSA) is 50.8 Å². The maximum absolute atomic E-state index is 12.6. The zero-order valence-electron chi connectivity index (χ0n) is 15.1. The Labute approximate surface area is 148 Å². The second kappa shape index (κ2) is 7.85. The van der Waals surface area contributed by atoms with Crippen LogP contribution in [0.2, 0.25) is 0 Å². The second-order valence-electron chi connectivity index (χ2n) is 6.67. The van der Waals surface area contributed by atoms with Gasteiger partial charge in [0.2, 0.25) is 0 Å². The van der Waals surface area contributed by atoms with E-state index in [1.807, 2.05) is 36.4 Å². The number of carbonyl (C=O) groups excluding carboxylic acids is 1. The number of nitrogens with one attached hydrogen (secondary N) is 1. The van der Waals surface area contributed by atoms with E-state index < -0.39 is 0 Å². The van der Waals surface area contributed by atoms with Gasteiger partial charge in [0.1, 0.15) is 5.75 Å². The lowest BCUT2D eigenvalue weighted by molar-refractivity contribution is -0.0672. The summed E-state index contributed by atoms with van der Waals surface area (Å²) in [6.45, 7) is 7.40. The maximum Gasteiger partial charge on any atom is 0.255 e. The first-order valence-corrected chi connectivity index (χ1v) is 8.79. The minimum absolute atomic E-state index is 0.100. The standard InChI is InChI=1S/C20H26N2O3/c1-14-12-22(13-15(2)25-14)9-8-21-20(23)18-10-16-6-4-5-7-17(16)11-19(18)24-3/h4-7,10-11,14-15H,8-9,12-13H2,1-3H3,(H,21,23). The SMILES string of the molecule is COc1cc2ccccc2cc1C(=O)NCCN1CC(C)OC(C)C1. The molecule has 1 aliphatic rings. The van der Waals surface area contributed by atoms with E-state index in [2.05, 4.69) is 24.1 Å². The van der Waals surface area contributed by atoms with Crippen molar-refractivity contribution in [1.82, 2.24) is 10.2 Å². The van der Waals surface area contributed by atoms with Crippen LogP contribution < -0.4 is 10.1 Å². The second-order valence-corrected chi connectivity index (χ2v) is 6.67. The number of carbonyl (C=O) groups is 1. The molecule has 1 fully saturated rings. The van der Waals surface area contributed by atoms with Gasteiger partial charge >= 0.3 is 0 Å². The van der Waals surface area contributed by atoms with Crippen LogP contribution in [-0.4, -0.2) is 56.3 Å². The molecule has 3 rings (SSSR count). The molecule has 134 valence electrons. The van der Waals surface area contributed by atoms with Gasteiger partial charge in [0.05, 0.1) is 24.9 Å². The average Bonchev–Trinajstić information content (AvgIpc) is 2.59. The third-order valence-corrected chi connectivity index (χ3v) is 4.52. The van der Waals surface area contributed by atoms with Crippen molar-refractivity contribution in [2.24, 2.45) is 0 Å². The highest BCUT2D eigenvalue weighted by atomic mass is 16.5. The molecule has 25 heavy (non-hydrogen) atoms. The number of methoxy groups -OCH3 is 1. The first-order valence-electron chi connectivity index (χ1n) is 8.79. The molecule has 1 N–H and O–H groups in total. The van der Waals surface area contributed by atoms with Gasteiger partial charge in [-0.15, -0.1) is 0 Å². The molecule has 2 atom stereocenters. The quantitative estimate of drug-likeness (QED) is 0.908. The highest BCUT2D eigenvalue weighted by Gasteiger charge is 2.22. The zero-order chi connectivity index (χ0) is 17.8. The minimum atomic E-state index is -0.100. The Morgan fingerprint density at radius 2 is 1.84 bits per heavy atom. The molecule has 0 aromatic heterocycles. The highest BCUT2D eigenvalue weighted by molar-refractivity contribution is 6.01. The van der Waals surface area contributed by atoms with Crippen molar-refractivity contribution in [1.29, 1.82) is 0 Å². The summed E-state index contributed by atoms with van der Waals surface area (Å²) in [5.74, 6) is 0.502. The van der Waals surface area contributed by atoms with E-state index >= 15 is 0 Å². The van der Waals surface area contributed by atoms with Crippen LogP contribution in [0, 0.1) is 0 Å². The number of rotatable bonds is 5.